The zero-order chi connectivity index (χ0) is 13.7. The standard InChI is InChI=1S/C12H16ClN3O2/c1-3-10(11(14)16-18)15-12(17)8-4-7(2)5-9(13)6-8/h4-6,10,18H,3H2,1-2H3,(H2,14,16)(H,15,17). The average Bonchev–Trinajstić information content (AvgIpc) is 2.33. The number of aryl methyl sites for hydroxylation is 1. The summed E-state index contributed by atoms with van der Waals surface area (Å²) >= 11 is 5.89. The van der Waals surface area contributed by atoms with Gasteiger partial charge in [-0.1, -0.05) is 23.7 Å². The molecule has 0 aliphatic carbocycles. The molecule has 18 heavy (non-hydrogen) atoms. The summed E-state index contributed by atoms with van der Waals surface area (Å²) in [4.78, 5) is 12.0. The first-order valence-corrected chi connectivity index (χ1v) is 5.91. The maximum atomic E-state index is 12.0. The Hall–Kier alpha value is -1.75. The number of amides is 1. The molecule has 1 aromatic rings. The second-order valence-electron chi connectivity index (χ2n) is 3.98. The summed E-state index contributed by atoms with van der Waals surface area (Å²) in [6.45, 7) is 3.68. The maximum Gasteiger partial charge on any atom is 0.251 e. The molecule has 0 radical (unpaired) electrons. The summed E-state index contributed by atoms with van der Waals surface area (Å²) in [6.07, 6.45) is 0.529. The molecule has 1 amide bonds. The Morgan fingerprint density at radius 3 is 2.72 bits per heavy atom. The fourth-order valence-electron chi connectivity index (χ4n) is 1.56. The van der Waals surface area contributed by atoms with Crippen LogP contribution in [-0.2, 0) is 0 Å². The van der Waals surface area contributed by atoms with Crippen LogP contribution in [0.5, 0.6) is 0 Å². The molecule has 4 N–H and O–H groups in total. The Morgan fingerprint density at radius 1 is 1.56 bits per heavy atom. The van der Waals surface area contributed by atoms with Crippen molar-refractivity contribution in [3.05, 3.63) is 34.3 Å². The number of nitrogens with one attached hydrogen (secondary N) is 1. The summed E-state index contributed by atoms with van der Waals surface area (Å²) in [5.74, 6) is -0.330. The van der Waals surface area contributed by atoms with Gasteiger partial charge in [0.15, 0.2) is 5.84 Å². The number of benzene rings is 1. The SMILES string of the molecule is CCC(NC(=O)c1cc(C)cc(Cl)c1)/C(N)=N/O. The molecule has 5 nitrogen and oxygen atoms in total. The van der Waals surface area contributed by atoms with Crippen LogP contribution < -0.4 is 11.1 Å². The molecule has 0 saturated heterocycles. The van der Waals surface area contributed by atoms with Gasteiger partial charge in [-0.2, -0.15) is 0 Å². The van der Waals surface area contributed by atoms with Crippen LogP contribution in [0.1, 0.15) is 29.3 Å². The summed E-state index contributed by atoms with van der Waals surface area (Å²) < 4.78 is 0. The lowest BCUT2D eigenvalue weighted by Gasteiger charge is -2.15. The maximum absolute atomic E-state index is 12.0. The van der Waals surface area contributed by atoms with E-state index in [9.17, 15) is 4.79 Å². The highest BCUT2D eigenvalue weighted by molar-refractivity contribution is 6.31. The van der Waals surface area contributed by atoms with Gasteiger partial charge in [0, 0.05) is 10.6 Å². The van der Waals surface area contributed by atoms with Crippen LogP contribution in [0.3, 0.4) is 0 Å². The largest absolute Gasteiger partial charge is 0.409 e. The van der Waals surface area contributed by atoms with Crippen molar-refractivity contribution in [3.8, 4) is 0 Å². The lowest BCUT2D eigenvalue weighted by Crippen LogP contribution is -2.44. The van der Waals surface area contributed by atoms with Crippen LogP contribution in [0.25, 0.3) is 0 Å². The first-order chi connectivity index (χ1) is 8.47. The number of rotatable bonds is 4. The summed E-state index contributed by atoms with van der Waals surface area (Å²) in [5, 5.41) is 14.7. The van der Waals surface area contributed by atoms with Gasteiger partial charge < -0.3 is 16.3 Å². The first-order valence-electron chi connectivity index (χ1n) is 5.53. The molecule has 6 heteroatoms. The van der Waals surface area contributed by atoms with Crippen molar-refractivity contribution in [2.45, 2.75) is 26.3 Å². The molecule has 1 rings (SSSR count). The molecule has 0 spiro atoms. The van der Waals surface area contributed by atoms with Crippen LogP contribution in [0.4, 0.5) is 0 Å². The Bertz CT molecular complexity index is 454. The van der Waals surface area contributed by atoms with E-state index in [1.54, 1.807) is 18.2 Å². The van der Waals surface area contributed by atoms with Crippen molar-refractivity contribution < 1.29 is 10.0 Å². The van der Waals surface area contributed by atoms with Crippen molar-refractivity contribution in [2.75, 3.05) is 0 Å². The number of nitrogens with zero attached hydrogens (tertiary/aromatic N) is 1. The van der Waals surface area contributed by atoms with Crippen molar-refractivity contribution in [2.24, 2.45) is 10.9 Å². The summed E-state index contributed by atoms with van der Waals surface area (Å²) in [7, 11) is 0. The molecular formula is C12H16ClN3O2. The monoisotopic (exact) mass is 269 g/mol. The van der Waals surface area contributed by atoms with E-state index >= 15 is 0 Å². The second kappa shape index (κ2) is 6.26. The Morgan fingerprint density at radius 2 is 2.22 bits per heavy atom. The number of oxime groups is 1. The highest BCUT2D eigenvalue weighted by atomic mass is 35.5. The predicted molar refractivity (Wildman–Crippen MR) is 71.1 cm³/mol. The number of carbonyl (C=O) groups is 1. The predicted octanol–water partition coefficient (Wildman–Crippen LogP) is 1.90. The van der Waals surface area contributed by atoms with Gasteiger partial charge in [0.05, 0.1) is 6.04 Å². The molecule has 1 atom stereocenters. The van der Waals surface area contributed by atoms with Gasteiger partial charge in [0.2, 0.25) is 0 Å². The number of amidine groups is 1. The van der Waals surface area contributed by atoms with Gasteiger partial charge in [-0.15, -0.1) is 0 Å². The fraction of sp³-hybridized carbons (Fsp3) is 0.333. The third-order valence-corrected chi connectivity index (χ3v) is 2.71. The number of nitrogens with two attached hydrogens (primary N) is 1. The summed E-state index contributed by atoms with van der Waals surface area (Å²) in [6, 6.07) is 4.56. The van der Waals surface area contributed by atoms with E-state index < -0.39 is 6.04 Å². The van der Waals surface area contributed by atoms with E-state index in [0.717, 1.165) is 5.56 Å². The zero-order valence-corrected chi connectivity index (χ0v) is 11.0. The molecule has 0 saturated carbocycles. The Kier molecular flexibility index (Phi) is 4.97. The number of hydrogen-bond donors (Lipinski definition) is 3. The molecule has 0 bridgehead atoms. The average molecular weight is 270 g/mol. The van der Waals surface area contributed by atoms with Crippen molar-refractivity contribution in [1.82, 2.24) is 5.32 Å². The van der Waals surface area contributed by atoms with Gasteiger partial charge in [-0.05, 0) is 37.1 Å². The Labute approximate surface area is 111 Å². The fourth-order valence-corrected chi connectivity index (χ4v) is 1.85. The minimum absolute atomic E-state index is 0.0235. The van der Waals surface area contributed by atoms with Crippen LogP contribution in [0, 0.1) is 6.92 Å². The summed E-state index contributed by atoms with van der Waals surface area (Å²) in [5.41, 5.74) is 6.81. The van der Waals surface area contributed by atoms with Gasteiger partial charge >= 0.3 is 0 Å². The van der Waals surface area contributed by atoms with E-state index in [2.05, 4.69) is 10.5 Å². The molecule has 0 fully saturated rings. The van der Waals surface area contributed by atoms with E-state index in [-0.39, 0.29) is 11.7 Å². The number of carbonyl (C=O) groups excluding carboxylic acids is 1. The van der Waals surface area contributed by atoms with Crippen molar-refractivity contribution >= 4 is 23.3 Å². The van der Waals surface area contributed by atoms with Gasteiger partial charge in [-0.25, -0.2) is 0 Å². The van der Waals surface area contributed by atoms with Crippen LogP contribution in [0.2, 0.25) is 5.02 Å². The molecule has 1 aromatic carbocycles. The van der Waals surface area contributed by atoms with Crippen LogP contribution >= 0.6 is 11.6 Å². The molecular weight excluding hydrogens is 254 g/mol. The number of halogens is 1. The van der Waals surface area contributed by atoms with E-state index in [1.807, 2.05) is 13.8 Å². The van der Waals surface area contributed by atoms with Crippen molar-refractivity contribution in [1.29, 1.82) is 0 Å². The zero-order valence-electron chi connectivity index (χ0n) is 10.3. The van der Waals surface area contributed by atoms with E-state index in [0.29, 0.717) is 17.0 Å². The molecule has 98 valence electrons. The lowest BCUT2D eigenvalue weighted by molar-refractivity contribution is 0.0945. The normalized spacial score (nSPS) is 13.2. The van der Waals surface area contributed by atoms with E-state index in [4.69, 9.17) is 22.5 Å². The van der Waals surface area contributed by atoms with E-state index in [1.165, 1.54) is 0 Å². The van der Waals surface area contributed by atoms with Crippen LogP contribution in [0.15, 0.2) is 23.4 Å². The molecule has 0 aromatic heterocycles. The highest BCUT2D eigenvalue weighted by Gasteiger charge is 2.16. The number of hydrogen-bond acceptors (Lipinski definition) is 3. The third-order valence-electron chi connectivity index (χ3n) is 2.49. The smallest absolute Gasteiger partial charge is 0.251 e. The molecule has 0 heterocycles. The van der Waals surface area contributed by atoms with Gasteiger partial charge in [0.1, 0.15) is 0 Å². The highest BCUT2D eigenvalue weighted by Crippen LogP contribution is 2.14. The lowest BCUT2D eigenvalue weighted by atomic mass is 10.1. The van der Waals surface area contributed by atoms with Crippen LogP contribution in [-0.4, -0.2) is 23.0 Å². The first kappa shape index (κ1) is 14.3. The Balaban J connectivity index is 2.87. The third kappa shape index (κ3) is 3.63. The quantitative estimate of drug-likeness (QED) is 0.338. The molecule has 0 aliphatic heterocycles. The second-order valence-corrected chi connectivity index (χ2v) is 4.41. The minimum Gasteiger partial charge on any atom is -0.409 e. The molecule has 1 unspecified atom stereocenters. The topological polar surface area (TPSA) is 87.7 Å². The van der Waals surface area contributed by atoms with Gasteiger partial charge in [0.25, 0.3) is 5.91 Å². The van der Waals surface area contributed by atoms with Gasteiger partial charge in [-0.3, -0.25) is 4.79 Å². The molecule has 0 aliphatic rings. The minimum atomic E-state index is -0.498. The van der Waals surface area contributed by atoms with Crippen molar-refractivity contribution in [3.63, 3.8) is 0 Å².